The first-order valence-corrected chi connectivity index (χ1v) is 11.9. The van der Waals surface area contributed by atoms with Crippen molar-refractivity contribution in [2.75, 3.05) is 20.2 Å². The van der Waals surface area contributed by atoms with Crippen LogP contribution in [0.25, 0.3) is 0 Å². The van der Waals surface area contributed by atoms with Crippen molar-refractivity contribution in [1.82, 2.24) is 10.2 Å². The van der Waals surface area contributed by atoms with E-state index in [4.69, 9.17) is 4.74 Å². The fourth-order valence-corrected chi connectivity index (χ4v) is 4.45. The van der Waals surface area contributed by atoms with Gasteiger partial charge in [0.05, 0.1) is 7.11 Å². The first-order chi connectivity index (χ1) is 17.0. The Balaban J connectivity index is 1.42. The van der Waals surface area contributed by atoms with E-state index in [1.165, 1.54) is 0 Å². The molecular weight excluding hydrogens is 440 g/mol. The third-order valence-corrected chi connectivity index (χ3v) is 6.47. The van der Waals surface area contributed by atoms with Gasteiger partial charge < -0.3 is 15.0 Å². The topological polar surface area (TPSA) is 75.7 Å². The fraction of sp³-hybridized carbons (Fsp3) is 0.276. The lowest BCUT2D eigenvalue weighted by Crippen LogP contribution is -2.52. The van der Waals surface area contributed by atoms with E-state index < -0.39 is 6.04 Å². The second-order valence-corrected chi connectivity index (χ2v) is 8.77. The van der Waals surface area contributed by atoms with Crippen molar-refractivity contribution in [1.29, 1.82) is 0 Å². The van der Waals surface area contributed by atoms with E-state index in [1.54, 1.807) is 60.5 Å². The van der Waals surface area contributed by atoms with E-state index in [1.807, 2.05) is 36.4 Å². The van der Waals surface area contributed by atoms with Crippen LogP contribution in [0, 0.1) is 5.92 Å². The number of carbonyl (C=O) groups is 3. The Morgan fingerprint density at radius 3 is 2.06 bits per heavy atom. The van der Waals surface area contributed by atoms with Crippen molar-refractivity contribution in [3.05, 3.63) is 102 Å². The molecule has 1 aliphatic rings. The zero-order valence-corrected chi connectivity index (χ0v) is 19.9. The number of hydrogen-bond acceptors (Lipinski definition) is 4. The Bertz CT molecular complexity index is 1140. The molecule has 6 heteroatoms. The Kier molecular flexibility index (Phi) is 7.93. The van der Waals surface area contributed by atoms with Crippen molar-refractivity contribution >= 4 is 17.6 Å². The highest BCUT2D eigenvalue weighted by atomic mass is 16.5. The standard InChI is InChI=1S/C29H30N2O4/c1-35-25-14-12-22(13-15-25)27(32)23-16-18-31(19-17-23)29(34)26(20-21-8-4-2-5-9-21)30-28(33)24-10-6-3-7-11-24/h2-15,23,26H,16-20H2,1H3,(H,30,33). The van der Waals surface area contributed by atoms with Gasteiger partial charge in [0, 0.05) is 36.6 Å². The number of methoxy groups -OCH3 is 1. The molecule has 0 bridgehead atoms. The Labute approximate surface area is 205 Å². The summed E-state index contributed by atoms with van der Waals surface area (Å²) in [6.45, 7) is 0.968. The van der Waals surface area contributed by atoms with Gasteiger partial charge in [-0.1, -0.05) is 48.5 Å². The van der Waals surface area contributed by atoms with Gasteiger partial charge >= 0.3 is 0 Å². The zero-order chi connectivity index (χ0) is 24.6. The van der Waals surface area contributed by atoms with Crippen LogP contribution in [0.15, 0.2) is 84.9 Å². The minimum atomic E-state index is -0.682. The van der Waals surface area contributed by atoms with Crippen LogP contribution in [-0.2, 0) is 11.2 Å². The summed E-state index contributed by atoms with van der Waals surface area (Å²) >= 11 is 0. The highest BCUT2D eigenvalue weighted by Crippen LogP contribution is 2.24. The number of piperidine rings is 1. The SMILES string of the molecule is COc1ccc(C(=O)C2CCN(C(=O)C(Cc3ccccc3)NC(=O)c3ccccc3)CC2)cc1. The Hall–Kier alpha value is -3.93. The lowest BCUT2D eigenvalue weighted by molar-refractivity contribution is -0.134. The van der Waals surface area contributed by atoms with Gasteiger partial charge in [-0.3, -0.25) is 14.4 Å². The maximum absolute atomic E-state index is 13.5. The molecule has 180 valence electrons. The second-order valence-electron chi connectivity index (χ2n) is 8.77. The third kappa shape index (κ3) is 6.15. The zero-order valence-electron chi connectivity index (χ0n) is 19.9. The van der Waals surface area contributed by atoms with Crippen molar-refractivity contribution < 1.29 is 19.1 Å². The monoisotopic (exact) mass is 470 g/mol. The highest BCUT2D eigenvalue weighted by molar-refractivity contribution is 5.99. The molecule has 1 N–H and O–H groups in total. The normalized spacial score (nSPS) is 14.7. The molecular formula is C29H30N2O4. The predicted molar refractivity (Wildman–Crippen MR) is 134 cm³/mol. The van der Waals surface area contributed by atoms with Crippen molar-refractivity contribution in [2.24, 2.45) is 5.92 Å². The number of benzene rings is 3. The number of ether oxygens (including phenoxy) is 1. The number of likely N-dealkylation sites (tertiary alicyclic amines) is 1. The molecule has 0 spiro atoms. The molecule has 3 aromatic rings. The van der Waals surface area contributed by atoms with Crippen molar-refractivity contribution in [3.63, 3.8) is 0 Å². The van der Waals surface area contributed by atoms with Gasteiger partial charge in [0.2, 0.25) is 5.91 Å². The van der Waals surface area contributed by atoms with E-state index >= 15 is 0 Å². The van der Waals surface area contributed by atoms with Crippen molar-refractivity contribution in [3.8, 4) is 5.75 Å². The molecule has 0 radical (unpaired) electrons. The lowest BCUT2D eigenvalue weighted by Gasteiger charge is -2.34. The smallest absolute Gasteiger partial charge is 0.251 e. The number of ketones is 1. The molecule has 0 aliphatic carbocycles. The first-order valence-electron chi connectivity index (χ1n) is 11.9. The van der Waals surface area contributed by atoms with Crippen LogP contribution in [-0.4, -0.2) is 48.7 Å². The molecule has 2 amide bonds. The average Bonchev–Trinajstić information content (AvgIpc) is 2.93. The number of hydrogen-bond donors (Lipinski definition) is 1. The van der Waals surface area contributed by atoms with Gasteiger partial charge in [-0.05, 0) is 54.8 Å². The number of nitrogens with zero attached hydrogens (tertiary/aromatic N) is 1. The maximum Gasteiger partial charge on any atom is 0.251 e. The molecule has 1 unspecified atom stereocenters. The quantitative estimate of drug-likeness (QED) is 0.502. The third-order valence-electron chi connectivity index (χ3n) is 6.47. The molecule has 4 rings (SSSR count). The van der Waals surface area contributed by atoms with Gasteiger partial charge in [-0.2, -0.15) is 0 Å². The minimum absolute atomic E-state index is 0.0953. The molecule has 35 heavy (non-hydrogen) atoms. The van der Waals surface area contributed by atoms with E-state index in [2.05, 4.69) is 5.32 Å². The summed E-state index contributed by atoms with van der Waals surface area (Å²) in [5.41, 5.74) is 2.15. The molecule has 1 fully saturated rings. The van der Waals surface area contributed by atoms with Gasteiger partial charge in [0.15, 0.2) is 5.78 Å². The molecule has 6 nitrogen and oxygen atoms in total. The number of Topliss-reactive ketones (excluding diaryl/α,β-unsaturated/α-hetero) is 1. The number of amides is 2. The van der Waals surface area contributed by atoms with Crippen LogP contribution < -0.4 is 10.1 Å². The molecule has 1 saturated heterocycles. The van der Waals surface area contributed by atoms with Gasteiger partial charge in [0.25, 0.3) is 5.91 Å². The minimum Gasteiger partial charge on any atom is -0.497 e. The van der Waals surface area contributed by atoms with Gasteiger partial charge in [0.1, 0.15) is 11.8 Å². The summed E-state index contributed by atoms with van der Waals surface area (Å²) < 4.78 is 5.17. The van der Waals surface area contributed by atoms with Gasteiger partial charge in [-0.25, -0.2) is 0 Å². The van der Waals surface area contributed by atoms with Crippen LogP contribution in [0.1, 0.15) is 39.1 Å². The molecule has 0 saturated carbocycles. The maximum atomic E-state index is 13.5. The van der Waals surface area contributed by atoms with E-state index in [0.29, 0.717) is 49.2 Å². The van der Waals surface area contributed by atoms with Crippen LogP contribution in [0.3, 0.4) is 0 Å². The summed E-state index contributed by atoms with van der Waals surface area (Å²) in [5, 5.41) is 2.94. The molecule has 1 atom stereocenters. The first kappa shape index (κ1) is 24.2. The van der Waals surface area contributed by atoms with Crippen molar-refractivity contribution in [2.45, 2.75) is 25.3 Å². The summed E-state index contributed by atoms with van der Waals surface area (Å²) in [6.07, 6.45) is 1.60. The second kappa shape index (κ2) is 11.5. The largest absolute Gasteiger partial charge is 0.497 e. The summed E-state index contributed by atoms with van der Waals surface area (Å²) in [5.74, 6) is 0.291. The lowest BCUT2D eigenvalue weighted by atomic mass is 9.88. The number of carbonyl (C=O) groups excluding carboxylic acids is 3. The molecule has 1 heterocycles. The van der Waals surface area contributed by atoms with E-state index in [-0.39, 0.29) is 23.5 Å². The van der Waals surface area contributed by atoms with Crippen LogP contribution in [0.4, 0.5) is 0 Å². The Morgan fingerprint density at radius 2 is 1.46 bits per heavy atom. The fourth-order valence-electron chi connectivity index (χ4n) is 4.45. The Morgan fingerprint density at radius 1 is 0.857 bits per heavy atom. The van der Waals surface area contributed by atoms with Gasteiger partial charge in [-0.15, -0.1) is 0 Å². The molecule has 1 aliphatic heterocycles. The van der Waals surface area contributed by atoms with Crippen LogP contribution in [0.5, 0.6) is 5.75 Å². The average molecular weight is 471 g/mol. The highest BCUT2D eigenvalue weighted by Gasteiger charge is 2.32. The summed E-state index contributed by atoms with van der Waals surface area (Å²) in [4.78, 5) is 41.1. The van der Waals surface area contributed by atoms with E-state index in [0.717, 1.165) is 5.56 Å². The number of nitrogens with one attached hydrogen (secondary N) is 1. The van der Waals surface area contributed by atoms with Crippen LogP contribution in [0.2, 0.25) is 0 Å². The van der Waals surface area contributed by atoms with Crippen LogP contribution >= 0.6 is 0 Å². The summed E-state index contributed by atoms with van der Waals surface area (Å²) in [6, 6.07) is 25.0. The molecule has 3 aromatic carbocycles. The molecule has 0 aromatic heterocycles. The number of rotatable bonds is 8. The van der Waals surface area contributed by atoms with E-state index in [9.17, 15) is 14.4 Å². The summed E-state index contributed by atoms with van der Waals surface area (Å²) in [7, 11) is 1.59. The predicted octanol–water partition coefficient (Wildman–Crippen LogP) is 4.16.